The summed E-state index contributed by atoms with van der Waals surface area (Å²) in [5.41, 5.74) is 6.02. The number of hydrogen-bond donors (Lipinski definition) is 2. The predicted molar refractivity (Wildman–Crippen MR) is 69.8 cm³/mol. The maximum absolute atomic E-state index is 6.01. The zero-order chi connectivity index (χ0) is 12.3. The van der Waals surface area contributed by atoms with Crippen LogP contribution in [0.1, 0.15) is 38.4 Å². The Morgan fingerprint density at radius 1 is 1.53 bits per heavy atom. The molecule has 1 heterocycles. The van der Waals surface area contributed by atoms with Gasteiger partial charge in [-0.3, -0.25) is 0 Å². The van der Waals surface area contributed by atoms with Gasteiger partial charge in [-0.1, -0.05) is 19.8 Å². The number of aromatic nitrogens is 2. The van der Waals surface area contributed by atoms with E-state index in [1.165, 1.54) is 19.3 Å². The Balaban J connectivity index is 2.18. The maximum atomic E-state index is 6.01. The number of hydrogen-bond acceptors (Lipinski definition) is 4. The Labute approximate surface area is 103 Å². The quantitative estimate of drug-likeness (QED) is 0.840. The molecule has 2 rings (SSSR count). The number of nitrogens with two attached hydrogens (primary N) is 1. The van der Waals surface area contributed by atoms with Gasteiger partial charge < -0.3 is 11.1 Å². The van der Waals surface area contributed by atoms with Crippen molar-refractivity contribution in [2.24, 2.45) is 11.7 Å². The van der Waals surface area contributed by atoms with Crippen LogP contribution in [0.5, 0.6) is 0 Å². The van der Waals surface area contributed by atoms with Gasteiger partial charge in [-0.2, -0.15) is 0 Å². The van der Waals surface area contributed by atoms with E-state index in [-0.39, 0.29) is 5.54 Å². The SMILES string of the molecule is Cc1nccc(NC2(CN)CCCCC2C)n1. The number of aryl methyl sites for hydroxylation is 1. The van der Waals surface area contributed by atoms with Crippen LogP contribution in [-0.4, -0.2) is 22.1 Å². The zero-order valence-electron chi connectivity index (χ0n) is 10.7. The predicted octanol–water partition coefficient (Wildman–Crippen LogP) is 2.10. The Morgan fingerprint density at radius 3 is 3.00 bits per heavy atom. The smallest absolute Gasteiger partial charge is 0.130 e. The minimum absolute atomic E-state index is 0.0129. The van der Waals surface area contributed by atoms with Crippen molar-refractivity contribution in [3.8, 4) is 0 Å². The van der Waals surface area contributed by atoms with Crippen LogP contribution in [0.2, 0.25) is 0 Å². The van der Waals surface area contributed by atoms with Gasteiger partial charge in [-0.15, -0.1) is 0 Å². The lowest BCUT2D eigenvalue weighted by atomic mass is 9.73. The summed E-state index contributed by atoms with van der Waals surface area (Å²) in [5, 5.41) is 3.56. The molecule has 1 aromatic heterocycles. The third-order valence-corrected chi connectivity index (χ3v) is 3.97. The molecule has 1 aliphatic carbocycles. The average molecular weight is 234 g/mol. The monoisotopic (exact) mass is 234 g/mol. The van der Waals surface area contributed by atoms with Crippen molar-refractivity contribution in [1.82, 2.24) is 9.97 Å². The van der Waals surface area contributed by atoms with E-state index in [2.05, 4.69) is 22.2 Å². The highest BCUT2D eigenvalue weighted by molar-refractivity contribution is 5.37. The highest BCUT2D eigenvalue weighted by Gasteiger charge is 2.37. The molecule has 2 unspecified atom stereocenters. The maximum Gasteiger partial charge on any atom is 0.130 e. The van der Waals surface area contributed by atoms with E-state index in [4.69, 9.17) is 5.73 Å². The van der Waals surface area contributed by atoms with Crippen LogP contribution in [0, 0.1) is 12.8 Å². The van der Waals surface area contributed by atoms with Gasteiger partial charge in [0.1, 0.15) is 11.6 Å². The summed E-state index contributed by atoms with van der Waals surface area (Å²) in [6, 6.07) is 1.92. The van der Waals surface area contributed by atoms with Crippen molar-refractivity contribution in [2.75, 3.05) is 11.9 Å². The molecule has 0 saturated heterocycles. The molecule has 2 atom stereocenters. The fourth-order valence-electron chi connectivity index (χ4n) is 2.73. The molecule has 1 aliphatic rings. The van der Waals surface area contributed by atoms with Crippen LogP contribution < -0.4 is 11.1 Å². The molecule has 0 aromatic carbocycles. The molecule has 1 fully saturated rings. The standard InChI is InChI=1S/C13H22N4/c1-10-5-3-4-7-13(10,9-14)17-12-6-8-15-11(2)16-12/h6,8,10H,3-5,7,9,14H2,1-2H3,(H,15,16,17). The molecule has 0 radical (unpaired) electrons. The Morgan fingerprint density at radius 2 is 2.35 bits per heavy atom. The van der Waals surface area contributed by atoms with Gasteiger partial charge in [-0.25, -0.2) is 9.97 Å². The molecule has 0 bridgehead atoms. The summed E-state index contributed by atoms with van der Waals surface area (Å²) < 4.78 is 0. The first-order valence-corrected chi connectivity index (χ1v) is 6.44. The minimum atomic E-state index is 0.0129. The molecule has 1 saturated carbocycles. The van der Waals surface area contributed by atoms with Crippen molar-refractivity contribution < 1.29 is 0 Å². The Kier molecular flexibility index (Phi) is 3.62. The second-order valence-corrected chi connectivity index (χ2v) is 5.12. The van der Waals surface area contributed by atoms with Crippen LogP contribution in [0.25, 0.3) is 0 Å². The van der Waals surface area contributed by atoms with Crippen LogP contribution in [0.3, 0.4) is 0 Å². The van der Waals surface area contributed by atoms with Gasteiger partial charge in [0.15, 0.2) is 0 Å². The minimum Gasteiger partial charge on any atom is -0.363 e. The van der Waals surface area contributed by atoms with E-state index in [0.29, 0.717) is 12.5 Å². The van der Waals surface area contributed by atoms with Crippen LogP contribution in [0.4, 0.5) is 5.82 Å². The lowest BCUT2D eigenvalue weighted by Crippen LogP contribution is -2.52. The van der Waals surface area contributed by atoms with Crippen LogP contribution in [-0.2, 0) is 0 Å². The van der Waals surface area contributed by atoms with Gasteiger partial charge >= 0.3 is 0 Å². The number of rotatable bonds is 3. The fraction of sp³-hybridized carbons (Fsp3) is 0.692. The molecule has 3 N–H and O–H groups in total. The van der Waals surface area contributed by atoms with E-state index in [1.54, 1.807) is 6.20 Å². The van der Waals surface area contributed by atoms with Gasteiger partial charge in [-0.05, 0) is 31.7 Å². The van der Waals surface area contributed by atoms with Crippen molar-refractivity contribution in [2.45, 2.75) is 45.1 Å². The van der Waals surface area contributed by atoms with Crippen molar-refractivity contribution in [3.63, 3.8) is 0 Å². The van der Waals surface area contributed by atoms with E-state index >= 15 is 0 Å². The van der Waals surface area contributed by atoms with Gasteiger partial charge in [0.2, 0.25) is 0 Å². The normalized spacial score (nSPS) is 29.0. The lowest BCUT2D eigenvalue weighted by Gasteiger charge is -2.43. The molecule has 1 aromatic rings. The number of nitrogens with one attached hydrogen (secondary N) is 1. The third-order valence-electron chi connectivity index (χ3n) is 3.97. The van der Waals surface area contributed by atoms with E-state index in [9.17, 15) is 0 Å². The third kappa shape index (κ3) is 2.57. The summed E-state index contributed by atoms with van der Waals surface area (Å²) in [6.07, 6.45) is 6.73. The molecule has 0 amide bonds. The summed E-state index contributed by atoms with van der Waals surface area (Å²) in [6.45, 7) is 4.86. The molecule has 17 heavy (non-hydrogen) atoms. The molecule has 0 aliphatic heterocycles. The van der Waals surface area contributed by atoms with Crippen molar-refractivity contribution in [1.29, 1.82) is 0 Å². The molecule has 94 valence electrons. The van der Waals surface area contributed by atoms with Crippen LogP contribution in [0.15, 0.2) is 12.3 Å². The first-order valence-electron chi connectivity index (χ1n) is 6.44. The van der Waals surface area contributed by atoms with Crippen molar-refractivity contribution in [3.05, 3.63) is 18.1 Å². The second kappa shape index (κ2) is 5.00. The largest absolute Gasteiger partial charge is 0.363 e. The summed E-state index contributed by atoms with van der Waals surface area (Å²) in [4.78, 5) is 8.54. The molecule has 4 heteroatoms. The van der Waals surface area contributed by atoms with Gasteiger partial charge in [0, 0.05) is 12.7 Å². The molecular formula is C13H22N4. The number of nitrogens with zero attached hydrogens (tertiary/aromatic N) is 2. The first-order chi connectivity index (χ1) is 8.16. The molecule has 4 nitrogen and oxygen atoms in total. The van der Waals surface area contributed by atoms with E-state index < -0.39 is 0 Å². The lowest BCUT2D eigenvalue weighted by molar-refractivity contribution is 0.235. The second-order valence-electron chi connectivity index (χ2n) is 5.12. The average Bonchev–Trinajstić information content (AvgIpc) is 2.32. The van der Waals surface area contributed by atoms with Gasteiger partial charge in [0.05, 0.1) is 5.54 Å². The Bertz CT molecular complexity index is 379. The number of anilines is 1. The van der Waals surface area contributed by atoms with Crippen molar-refractivity contribution >= 4 is 5.82 Å². The fourth-order valence-corrected chi connectivity index (χ4v) is 2.73. The van der Waals surface area contributed by atoms with Gasteiger partial charge in [0.25, 0.3) is 0 Å². The first kappa shape index (κ1) is 12.3. The zero-order valence-corrected chi connectivity index (χ0v) is 10.7. The summed E-state index contributed by atoms with van der Waals surface area (Å²) in [5.74, 6) is 2.29. The molecule has 0 spiro atoms. The topological polar surface area (TPSA) is 63.8 Å². The van der Waals surface area contributed by atoms with E-state index in [0.717, 1.165) is 18.1 Å². The van der Waals surface area contributed by atoms with E-state index in [1.807, 2.05) is 13.0 Å². The Hall–Kier alpha value is -1.16. The highest BCUT2D eigenvalue weighted by Crippen LogP contribution is 2.35. The molecular weight excluding hydrogens is 212 g/mol. The summed E-state index contributed by atoms with van der Waals surface area (Å²) in [7, 11) is 0. The highest BCUT2D eigenvalue weighted by atomic mass is 15.1. The van der Waals surface area contributed by atoms with Crippen LogP contribution >= 0.6 is 0 Å². The summed E-state index contributed by atoms with van der Waals surface area (Å²) >= 11 is 0.